The fourth-order valence-corrected chi connectivity index (χ4v) is 14.3. The molecule has 0 radical (unpaired) electrons. The van der Waals surface area contributed by atoms with Crippen LogP contribution in [0, 0.1) is 0 Å². The van der Waals surface area contributed by atoms with E-state index in [1.54, 1.807) is 0 Å². The molecule has 0 bridgehead atoms. The molecule has 17 aromatic rings. The average molecular weight is 979 g/mol. The lowest BCUT2D eigenvalue weighted by Gasteiger charge is -2.13. The summed E-state index contributed by atoms with van der Waals surface area (Å²) >= 11 is 3.72. The van der Waals surface area contributed by atoms with Crippen LogP contribution in [0.15, 0.2) is 231 Å². The quantitative estimate of drug-likeness (QED) is 0.172. The van der Waals surface area contributed by atoms with Gasteiger partial charge in [0.05, 0.1) is 44.1 Å². The van der Waals surface area contributed by atoms with E-state index < -0.39 is 0 Å². The highest BCUT2D eigenvalue weighted by atomic mass is 32.1. The van der Waals surface area contributed by atoms with Gasteiger partial charge in [0.15, 0.2) is 0 Å². The maximum atomic E-state index is 5.77. The van der Waals surface area contributed by atoms with Crippen LogP contribution in [0.5, 0.6) is 0 Å². The first kappa shape index (κ1) is 40.3. The molecule has 8 heteroatoms. The second-order valence-corrected chi connectivity index (χ2v) is 21.5. The topological polar surface area (TPSA) is 45.5 Å². The van der Waals surface area contributed by atoms with Crippen LogP contribution < -0.4 is 0 Å². The van der Waals surface area contributed by atoms with E-state index in [4.69, 9.17) is 9.97 Å². The van der Waals surface area contributed by atoms with E-state index in [-0.39, 0.29) is 0 Å². The molecular formula is C66H38N6S2. The van der Waals surface area contributed by atoms with Crippen molar-refractivity contribution in [1.82, 2.24) is 28.2 Å². The second kappa shape index (κ2) is 15.1. The summed E-state index contributed by atoms with van der Waals surface area (Å²) in [6.45, 7) is 0. The third-order valence-electron chi connectivity index (χ3n) is 15.4. The molecule has 0 unspecified atom stereocenters. The molecule has 0 atom stereocenters. The normalized spacial score (nSPS) is 12.3. The monoisotopic (exact) mass is 978 g/mol. The number of imidazole rings is 2. The second-order valence-electron chi connectivity index (χ2n) is 19.4. The van der Waals surface area contributed by atoms with Gasteiger partial charge in [0, 0.05) is 73.3 Å². The highest BCUT2D eigenvalue weighted by Gasteiger charge is 2.26. The Bertz CT molecular complexity index is 5220. The zero-order valence-corrected chi connectivity index (χ0v) is 41.1. The van der Waals surface area contributed by atoms with Crippen molar-refractivity contribution in [2.24, 2.45) is 0 Å². The standard InChI is InChI=1S/C66H38N6S2/c1-2-17-42(18-3-1)69-55-25-11-9-23-52(55)67-65(69)72-57-26-14-22-44(64(57)51-38-63-50(36-59(51)72)47-21-8-13-28-61(47)74-63)41-30-32-56-53(34-41)68-66(70(56)43-31-29-39-15-4-5-16-40(39)33-43)71-54-24-10-6-19-45(54)48-37-62-49(35-58(48)71)46-20-7-12-27-60(46)73-62/h1-38H. The summed E-state index contributed by atoms with van der Waals surface area (Å²) < 4.78 is 14.6. The third kappa shape index (κ3) is 5.63. The molecule has 6 heterocycles. The van der Waals surface area contributed by atoms with Crippen molar-refractivity contribution in [1.29, 1.82) is 0 Å². The van der Waals surface area contributed by atoms with E-state index in [2.05, 4.69) is 249 Å². The Morgan fingerprint density at radius 1 is 0.284 bits per heavy atom. The molecule has 0 saturated heterocycles. The van der Waals surface area contributed by atoms with E-state index in [9.17, 15) is 0 Å². The lowest BCUT2D eigenvalue weighted by Crippen LogP contribution is -2.05. The number of hydrogen-bond acceptors (Lipinski definition) is 4. The number of rotatable bonds is 5. The summed E-state index contributed by atoms with van der Waals surface area (Å²) in [6.07, 6.45) is 0. The molecular weight excluding hydrogens is 941 g/mol. The Hall–Kier alpha value is -9.34. The van der Waals surface area contributed by atoms with Crippen LogP contribution in [0.4, 0.5) is 0 Å². The van der Waals surface area contributed by atoms with Crippen molar-refractivity contribution in [3.05, 3.63) is 231 Å². The molecule has 0 fully saturated rings. The predicted molar refractivity (Wildman–Crippen MR) is 313 cm³/mol. The van der Waals surface area contributed by atoms with Gasteiger partial charge in [-0.2, -0.15) is 0 Å². The fraction of sp³-hybridized carbons (Fsp3) is 0. The Labute approximate surface area is 430 Å². The molecule has 0 aliphatic heterocycles. The molecule has 74 heavy (non-hydrogen) atoms. The highest BCUT2D eigenvalue weighted by molar-refractivity contribution is 7.26. The molecule has 6 aromatic heterocycles. The predicted octanol–water partition coefficient (Wildman–Crippen LogP) is 18.1. The van der Waals surface area contributed by atoms with Crippen molar-refractivity contribution in [3.8, 4) is 34.4 Å². The van der Waals surface area contributed by atoms with E-state index in [1.165, 1.54) is 72.7 Å². The lowest BCUT2D eigenvalue weighted by atomic mass is 9.98. The van der Waals surface area contributed by atoms with Crippen LogP contribution in [0.3, 0.4) is 0 Å². The first-order chi connectivity index (χ1) is 36.7. The zero-order valence-electron chi connectivity index (χ0n) is 39.4. The van der Waals surface area contributed by atoms with Gasteiger partial charge in [-0.1, -0.05) is 133 Å². The summed E-state index contributed by atoms with van der Waals surface area (Å²) in [5.74, 6) is 1.70. The number of para-hydroxylation sites is 4. The number of hydrogen-bond donors (Lipinski definition) is 0. The van der Waals surface area contributed by atoms with Gasteiger partial charge in [-0.05, 0) is 119 Å². The van der Waals surface area contributed by atoms with Gasteiger partial charge in [0.1, 0.15) is 0 Å². The maximum Gasteiger partial charge on any atom is 0.220 e. The molecule has 6 nitrogen and oxygen atoms in total. The van der Waals surface area contributed by atoms with Crippen molar-refractivity contribution in [2.45, 2.75) is 0 Å². The minimum Gasteiger partial charge on any atom is -0.279 e. The summed E-state index contributed by atoms with van der Waals surface area (Å²) in [6, 6.07) is 84.1. The zero-order chi connectivity index (χ0) is 48.2. The van der Waals surface area contributed by atoms with Crippen LogP contribution >= 0.6 is 22.7 Å². The smallest absolute Gasteiger partial charge is 0.220 e. The van der Waals surface area contributed by atoms with E-state index in [0.717, 1.165) is 78.5 Å². The van der Waals surface area contributed by atoms with Crippen molar-refractivity contribution in [2.75, 3.05) is 0 Å². The molecule has 0 aliphatic carbocycles. The Balaban J connectivity index is 0.957. The Kier molecular flexibility index (Phi) is 8.22. The van der Waals surface area contributed by atoms with Crippen LogP contribution in [0.2, 0.25) is 0 Å². The molecule has 0 aliphatic rings. The molecule has 344 valence electrons. The Morgan fingerprint density at radius 3 is 1.65 bits per heavy atom. The third-order valence-corrected chi connectivity index (χ3v) is 17.6. The van der Waals surface area contributed by atoms with Gasteiger partial charge < -0.3 is 0 Å². The van der Waals surface area contributed by atoms with Crippen molar-refractivity contribution < 1.29 is 0 Å². The minimum atomic E-state index is 0.847. The number of thiophene rings is 2. The van der Waals surface area contributed by atoms with Gasteiger partial charge in [-0.25, -0.2) is 9.97 Å². The van der Waals surface area contributed by atoms with Crippen LogP contribution in [0.1, 0.15) is 0 Å². The van der Waals surface area contributed by atoms with Crippen LogP contribution in [-0.2, 0) is 0 Å². The summed E-state index contributed by atoms with van der Waals surface area (Å²) in [7, 11) is 0. The molecule has 0 saturated carbocycles. The first-order valence-corrected chi connectivity index (χ1v) is 26.6. The Morgan fingerprint density at radius 2 is 0.865 bits per heavy atom. The fourth-order valence-electron chi connectivity index (χ4n) is 12.1. The number of aromatic nitrogens is 6. The first-order valence-electron chi connectivity index (χ1n) is 25.0. The summed E-state index contributed by atoms with van der Waals surface area (Å²) in [5.41, 5.74) is 12.7. The number of fused-ring (bicyclic) bond motifs is 15. The molecule has 0 spiro atoms. The molecule has 0 amide bonds. The SMILES string of the molecule is c1ccc(-n2c(-n3c4cc5c(cc4c4c(-c6ccc7c(c6)nc(-n6c8ccccc8c8cc9sc%10ccccc%10c9cc86)n7-c6ccc7ccccc7c6)cccc43)sc3ccccc35)nc3ccccc32)cc1. The van der Waals surface area contributed by atoms with Gasteiger partial charge in [-0.15, -0.1) is 22.7 Å². The van der Waals surface area contributed by atoms with E-state index >= 15 is 0 Å². The van der Waals surface area contributed by atoms with Gasteiger partial charge in [0.25, 0.3) is 0 Å². The van der Waals surface area contributed by atoms with Gasteiger partial charge >= 0.3 is 0 Å². The van der Waals surface area contributed by atoms with Crippen molar-refractivity contribution in [3.63, 3.8) is 0 Å². The van der Waals surface area contributed by atoms with Gasteiger partial charge in [-0.3, -0.25) is 18.3 Å². The van der Waals surface area contributed by atoms with E-state index in [0.29, 0.717) is 0 Å². The lowest BCUT2D eigenvalue weighted by molar-refractivity contribution is 0.956. The highest BCUT2D eigenvalue weighted by Crippen LogP contribution is 2.46. The van der Waals surface area contributed by atoms with Crippen LogP contribution in [0.25, 0.3) is 151 Å². The van der Waals surface area contributed by atoms with Crippen molar-refractivity contribution >= 4 is 139 Å². The summed E-state index contributed by atoms with van der Waals surface area (Å²) in [4.78, 5) is 11.2. The minimum absolute atomic E-state index is 0.847. The number of benzene rings is 11. The van der Waals surface area contributed by atoms with Gasteiger partial charge in [0.2, 0.25) is 11.9 Å². The van der Waals surface area contributed by atoms with E-state index in [1.807, 2.05) is 22.7 Å². The molecule has 11 aromatic carbocycles. The maximum absolute atomic E-state index is 5.77. The summed E-state index contributed by atoms with van der Waals surface area (Å²) in [5, 5.41) is 12.2. The molecule has 0 N–H and O–H groups in total. The average Bonchev–Trinajstić information content (AvgIpc) is 4.36. The largest absolute Gasteiger partial charge is 0.279 e. The molecule has 17 rings (SSSR count). The van der Waals surface area contributed by atoms with Crippen LogP contribution in [-0.4, -0.2) is 28.2 Å². The number of nitrogens with zero attached hydrogens (tertiary/aromatic N) is 6.